The first-order chi connectivity index (χ1) is 15.6. The van der Waals surface area contributed by atoms with Crippen LogP contribution in [0.15, 0.2) is 41.9 Å². The predicted octanol–water partition coefficient (Wildman–Crippen LogP) is 7.26. The fraction of sp³-hybridized carbons (Fsp3) is 0.462. The van der Waals surface area contributed by atoms with Crippen molar-refractivity contribution in [3.63, 3.8) is 0 Å². The molecule has 1 fully saturated rings. The summed E-state index contributed by atoms with van der Waals surface area (Å²) in [7, 11) is 0. The van der Waals surface area contributed by atoms with Gasteiger partial charge in [-0.2, -0.15) is 0 Å². The summed E-state index contributed by atoms with van der Waals surface area (Å²) in [6.45, 7) is 12.9. The quantitative estimate of drug-likeness (QED) is 0.376. The van der Waals surface area contributed by atoms with Crippen LogP contribution in [0.1, 0.15) is 46.2 Å². The van der Waals surface area contributed by atoms with Gasteiger partial charge < -0.3 is 10.2 Å². The van der Waals surface area contributed by atoms with Crippen LogP contribution in [-0.4, -0.2) is 41.0 Å². The maximum absolute atomic E-state index is 6.61. The van der Waals surface area contributed by atoms with Crippen molar-refractivity contribution in [1.82, 2.24) is 14.9 Å². The number of benzene rings is 1. The fourth-order valence-corrected chi connectivity index (χ4v) is 4.96. The molecule has 2 aromatic heterocycles. The van der Waals surface area contributed by atoms with Gasteiger partial charge in [-0.1, -0.05) is 39.3 Å². The summed E-state index contributed by atoms with van der Waals surface area (Å²) in [6.07, 6.45) is 5.51. The highest BCUT2D eigenvalue weighted by Gasteiger charge is 2.13. The zero-order chi connectivity index (χ0) is 22.9. The van der Waals surface area contributed by atoms with E-state index in [1.807, 2.05) is 32.2 Å². The van der Waals surface area contributed by atoms with Crippen molar-refractivity contribution in [3.05, 3.63) is 52.6 Å². The highest BCUT2D eigenvalue weighted by atomic mass is 35.5. The third kappa shape index (κ3) is 6.77. The Morgan fingerprint density at radius 2 is 1.91 bits per heavy atom. The summed E-state index contributed by atoms with van der Waals surface area (Å²) in [6, 6.07) is 10.3. The maximum atomic E-state index is 6.61. The predicted molar refractivity (Wildman–Crippen MR) is 140 cm³/mol. The Balaban J connectivity index is 0.00000141. The van der Waals surface area contributed by atoms with Crippen molar-refractivity contribution in [1.29, 1.82) is 0 Å². The number of halogens is 1. The molecular weight excluding hydrogens is 436 g/mol. The number of nitrogens with zero attached hydrogens (tertiary/aromatic N) is 3. The first-order valence-electron chi connectivity index (χ1n) is 11.8. The van der Waals surface area contributed by atoms with Crippen LogP contribution in [0, 0.1) is 5.92 Å². The average molecular weight is 471 g/mol. The Morgan fingerprint density at radius 3 is 2.62 bits per heavy atom. The summed E-state index contributed by atoms with van der Waals surface area (Å²) < 4.78 is 0. The number of anilines is 1. The molecule has 172 valence electrons. The number of hydrogen-bond acceptors (Lipinski definition) is 5. The van der Waals surface area contributed by atoms with Crippen LogP contribution in [0.4, 0.5) is 5.69 Å². The van der Waals surface area contributed by atoms with Crippen LogP contribution in [0.5, 0.6) is 0 Å². The Bertz CT molecular complexity index is 979. The lowest BCUT2D eigenvalue weighted by atomic mass is 10.1. The molecule has 0 unspecified atom stereocenters. The van der Waals surface area contributed by atoms with Gasteiger partial charge in [-0.05, 0) is 68.6 Å². The molecule has 1 saturated heterocycles. The molecule has 32 heavy (non-hydrogen) atoms. The van der Waals surface area contributed by atoms with E-state index >= 15 is 0 Å². The van der Waals surface area contributed by atoms with E-state index in [0.29, 0.717) is 5.92 Å². The van der Waals surface area contributed by atoms with Gasteiger partial charge in [0, 0.05) is 47.2 Å². The molecule has 1 aliphatic rings. The van der Waals surface area contributed by atoms with Crippen LogP contribution in [0.3, 0.4) is 0 Å². The molecule has 1 aliphatic heterocycles. The number of hydrogen-bond donors (Lipinski definition) is 1. The van der Waals surface area contributed by atoms with E-state index in [1.54, 1.807) is 11.3 Å². The van der Waals surface area contributed by atoms with Crippen molar-refractivity contribution in [2.24, 2.45) is 5.92 Å². The first kappa shape index (κ1) is 24.7. The SMILES string of the molecule is CC.CC(C)Cc1cc(-c2nc(-c3ccc(NCCN4CCCC4)cc3Cl)cs2)ccn1. The minimum absolute atomic E-state index is 0.584. The number of thiazole rings is 1. The molecule has 0 spiro atoms. The van der Waals surface area contributed by atoms with E-state index in [2.05, 4.69) is 52.6 Å². The van der Waals surface area contributed by atoms with Gasteiger partial charge in [0.1, 0.15) is 5.01 Å². The van der Waals surface area contributed by atoms with E-state index < -0.39 is 0 Å². The van der Waals surface area contributed by atoms with Gasteiger partial charge in [0.15, 0.2) is 0 Å². The summed E-state index contributed by atoms with van der Waals surface area (Å²) in [5, 5.41) is 7.31. The molecule has 0 saturated carbocycles. The summed E-state index contributed by atoms with van der Waals surface area (Å²) in [5.74, 6) is 0.584. The van der Waals surface area contributed by atoms with Crippen molar-refractivity contribution in [3.8, 4) is 21.8 Å². The van der Waals surface area contributed by atoms with E-state index in [9.17, 15) is 0 Å². The molecule has 3 heterocycles. The van der Waals surface area contributed by atoms with Crippen molar-refractivity contribution >= 4 is 28.6 Å². The lowest BCUT2D eigenvalue weighted by Crippen LogP contribution is -2.25. The van der Waals surface area contributed by atoms with Crippen molar-refractivity contribution in [2.75, 3.05) is 31.5 Å². The van der Waals surface area contributed by atoms with E-state index in [0.717, 1.165) is 57.7 Å². The monoisotopic (exact) mass is 470 g/mol. The smallest absolute Gasteiger partial charge is 0.124 e. The lowest BCUT2D eigenvalue weighted by molar-refractivity contribution is 0.352. The lowest BCUT2D eigenvalue weighted by Gasteiger charge is -2.15. The largest absolute Gasteiger partial charge is 0.384 e. The number of rotatable bonds is 8. The zero-order valence-corrected chi connectivity index (χ0v) is 21.3. The number of aromatic nitrogens is 2. The van der Waals surface area contributed by atoms with Gasteiger partial charge in [0.25, 0.3) is 0 Å². The molecule has 1 aromatic carbocycles. The molecular formula is C26H35ClN4S. The molecule has 0 amide bonds. The molecule has 0 atom stereocenters. The van der Waals surface area contributed by atoms with Gasteiger partial charge in [0.05, 0.1) is 10.7 Å². The molecule has 0 bridgehead atoms. The highest BCUT2D eigenvalue weighted by Crippen LogP contribution is 2.34. The van der Waals surface area contributed by atoms with E-state index in [1.165, 1.54) is 25.9 Å². The molecule has 0 aliphatic carbocycles. The van der Waals surface area contributed by atoms with Crippen molar-refractivity contribution in [2.45, 2.75) is 47.0 Å². The van der Waals surface area contributed by atoms with Crippen LogP contribution >= 0.6 is 22.9 Å². The first-order valence-corrected chi connectivity index (χ1v) is 13.0. The van der Waals surface area contributed by atoms with Crippen LogP contribution in [0.25, 0.3) is 21.8 Å². The summed E-state index contributed by atoms with van der Waals surface area (Å²) in [5.41, 5.74) is 5.19. The average Bonchev–Trinajstić information content (AvgIpc) is 3.47. The summed E-state index contributed by atoms with van der Waals surface area (Å²) >= 11 is 8.26. The second kappa shape index (κ2) is 12.3. The van der Waals surface area contributed by atoms with Crippen LogP contribution < -0.4 is 5.32 Å². The highest BCUT2D eigenvalue weighted by molar-refractivity contribution is 7.13. The van der Waals surface area contributed by atoms with E-state index in [4.69, 9.17) is 16.6 Å². The maximum Gasteiger partial charge on any atom is 0.124 e. The minimum atomic E-state index is 0.584. The molecule has 3 aromatic rings. The van der Waals surface area contributed by atoms with Gasteiger partial charge >= 0.3 is 0 Å². The zero-order valence-electron chi connectivity index (χ0n) is 19.7. The third-order valence-corrected chi connectivity index (χ3v) is 6.59. The molecule has 4 nitrogen and oxygen atoms in total. The van der Waals surface area contributed by atoms with Gasteiger partial charge in [-0.15, -0.1) is 11.3 Å². The van der Waals surface area contributed by atoms with Crippen LogP contribution in [0.2, 0.25) is 5.02 Å². The van der Waals surface area contributed by atoms with Crippen molar-refractivity contribution < 1.29 is 0 Å². The molecule has 1 N–H and O–H groups in total. The second-order valence-electron chi connectivity index (χ2n) is 8.34. The number of nitrogens with one attached hydrogen (secondary N) is 1. The third-order valence-electron chi connectivity index (χ3n) is 5.39. The molecule has 6 heteroatoms. The molecule has 4 rings (SSSR count). The fourth-order valence-electron chi connectivity index (χ4n) is 3.87. The van der Waals surface area contributed by atoms with Crippen LogP contribution in [-0.2, 0) is 6.42 Å². The normalized spacial score (nSPS) is 13.8. The standard InChI is InChI=1S/C24H29ClN4S.C2H6/c1-17(2)13-20-14-18(7-8-26-20)24-28-23(16-30-24)21-6-5-19(15-22(21)25)27-9-12-29-10-3-4-11-29;1-2/h5-8,14-17,27H,3-4,9-13H2,1-2H3;1-2H3. The minimum Gasteiger partial charge on any atom is -0.384 e. The molecule has 0 radical (unpaired) electrons. The Morgan fingerprint density at radius 1 is 1.12 bits per heavy atom. The number of likely N-dealkylation sites (tertiary alicyclic amines) is 1. The Labute approximate surface area is 202 Å². The van der Waals surface area contributed by atoms with Gasteiger partial charge in [0.2, 0.25) is 0 Å². The van der Waals surface area contributed by atoms with Gasteiger partial charge in [-0.25, -0.2) is 4.98 Å². The van der Waals surface area contributed by atoms with E-state index in [-0.39, 0.29) is 0 Å². The topological polar surface area (TPSA) is 41.1 Å². The Kier molecular flexibility index (Phi) is 9.51. The Hall–Kier alpha value is -1.95. The summed E-state index contributed by atoms with van der Waals surface area (Å²) in [4.78, 5) is 11.8. The second-order valence-corrected chi connectivity index (χ2v) is 9.61. The number of pyridine rings is 1. The van der Waals surface area contributed by atoms with Gasteiger partial charge in [-0.3, -0.25) is 4.98 Å².